The summed E-state index contributed by atoms with van der Waals surface area (Å²) in [6.07, 6.45) is 0. The first-order valence-electron chi connectivity index (χ1n) is 6.63. The second-order valence-corrected chi connectivity index (χ2v) is 4.39. The number of nitrogens with one attached hydrogen (secondary N) is 1. The fourth-order valence-electron chi connectivity index (χ4n) is 1.84. The van der Waals surface area contributed by atoms with Crippen molar-refractivity contribution in [3.8, 4) is 17.2 Å². The molecule has 0 saturated carbocycles. The topological polar surface area (TPSA) is 73.6 Å². The Bertz CT molecular complexity index is 641. The van der Waals surface area contributed by atoms with Gasteiger partial charge in [-0.3, -0.25) is 4.79 Å². The van der Waals surface area contributed by atoms with Gasteiger partial charge in [-0.15, -0.1) is 0 Å². The summed E-state index contributed by atoms with van der Waals surface area (Å²) in [6, 6.07) is 12.2. The van der Waals surface area contributed by atoms with Crippen molar-refractivity contribution in [3.63, 3.8) is 0 Å². The average Bonchev–Trinajstić information content (AvgIpc) is 2.49. The standard InChI is InChI=1S/C16H18N2O3/c1-3-18-16(19)11-7-8-15(14(17)9-11)21-13-6-4-5-12(10-13)20-2/h4-10H,3,17H2,1-2H3,(H,18,19). The van der Waals surface area contributed by atoms with Crippen LogP contribution in [0.2, 0.25) is 0 Å². The Morgan fingerprint density at radius 1 is 1.19 bits per heavy atom. The molecule has 0 atom stereocenters. The molecule has 21 heavy (non-hydrogen) atoms. The molecule has 3 N–H and O–H groups in total. The molecule has 0 unspecified atom stereocenters. The third-order valence-electron chi connectivity index (χ3n) is 2.88. The van der Waals surface area contributed by atoms with Crippen LogP contribution in [-0.4, -0.2) is 19.6 Å². The number of anilines is 1. The first-order valence-corrected chi connectivity index (χ1v) is 6.63. The lowest BCUT2D eigenvalue weighted by Crippen LogP contribution is -2.22. The largest absolute Gasteiger partial charge is 0.497 e. The Morgan fingerprint density at radius 2 is 1.95 bits per heavy atom. The third-order valence-corrected chi connectivity index (χ3v) is 2.88. The SMILES string of the molecule is CCNC(=O)c1ccc(Oc2cccc(OC)c2)c(N)c1. The van der Waals surface area contributed by atoms with Crippen LogP contribution >= 0.6 is 0 Å². The van der Waals surface area contributed by atoms with Crippen LogP contribution in [0.5, 0.6) is 17.2 Å². The summed E-state index contributed by atoms with van der Waals surface area (Å²) in [7, 11) is 1.59. The summed E-state index contributed by atoms with van der Waals surface area (Å²) in [6.45, 7) is 2.43. The van der Waals surface area contributed by atoms with Gasteiger partial charge in [-0.2, -0.15) is 0 Å². The zero-order valence-corrected chi connectivity index (χ0v) is 12.1. The Labute approximate surface area is 123 Å². The fraction of sp³-hybridized carbons (Fsp3) is 0.188. The molecule has 0 aromatic heterocycles. The molecule has 2 aromatic carbocycles. The second kappa shape index (κ2) is 6.65. The first kappa shape index (κ1) is 14.7. The van der Waals surface area contributed by atoms with E-state index in [1.165, 1.54) is 0 Å². The predicted octanol–water partition coefficient (Wildman–Crippen LogP) is 2.82. The highest BCUT2D eigenvalue weighted by Crippen LogP contribution is 2.30. The van der Waals surface area contributed by atoms with E-state index in [9.17, 15) is 4.79 Å². The Kier molecular flexibility index (Phi) is 4.66. The van der Waals surface area contributed by atoms with Crippen LogP contribution in [0.1, 0.15) is 17.3 Å². The lowest BCUT2D eigenvalue weighted by atomic mass is 10.1. The summed E-state index contributed by atoms with van der Waals surface area (Å²) in [5.74, 6) is 1.66. The quantitative estimate of drug-likeness (QED) is 0.829. The van der Waals surface area contributed by atoms with Crippen LogP contribution in [-0.2, 0) is 0 Å². The van der Waals surface area contributed by atoms with E-state index in [2.05, 4.69) is 5.32 Å². The lowest BCUT2D eigenvalue weighted by molar-refractivity contribution is 0.0956. The van der Waals surface area contributed by atoms with E-state index in [0.29, 0.717) is 35.0 Å². The van der Waals surface area contributed by atoms with Gasteiger partial charge in [-0.05, 0) is 37.3 Å². The minimum atomic E-state index is -0.155. The van der Waals surface area contributed by atoms with Crippen LogP contribution in [0.4, 0.5) is 5.69 Å². The number of ether oxygens (including phenoxy) is 2. The van der Waals surface area contributed by atoms with Crippen molar-refractivity contribution in [2.24, 2.45) is 0 Å². The molecule has 0 aliphatic carbocycles. The molecule has 0 saturated heterocycles. The van der Waals surface area contributed by atoms with Gasteiger partial charge < -0.3 is 20.5 Å². The van der Waals surface area contributed by atoms with Crippen molar-refractivity contribution in [1.82, 2.24) is 5.32 Å². The monoisotopic (exact) mass is 286 g/mol. The number of nitrogen functional groups attached to an aromatic ring is 1. The van der Waals surface area contributed by atoms with Crippen molar-refractivity contribution in [2.45, 2.75) is 6.92 Å². The van der Waals surface area contributed by atoms with Crippen LogP contribution in [0.25, 0.3) is 0 Å². The minimum Gasteiger partial charge on any atom is -0.497 e. The Morgan fingerprint density at radius 3 is 2.62 bits per heavy atom. The molecule has 0 fully saturated rings. The highest BCUT2D eigenvalue weighted by atomic mass is 16.5. The summed E-state index contributed by atoms with van der Waals surface area (Å²) in [5.41, 5.74) is 6.85. The summed E-state index contributed by atoms with van der Waals surface area (Å²) >= 11 is 0. The molecule has 1 amide bonds. The maximum atomic E-state index is 11.7. The van der Waals surface area contributed by atoms with Crippen molar-refractivity contribution >= 4 is 11.6 Å². The van der Waals surface area contributed by atoms with Gasteiger partial charge in [0.1, 0.15) is 17.2 Å². The molecule has 110 valence electrons. The molecule has 0 radical (unpaired) electrons. The summed E-state index contributed by atoms with van der Waals surface area (Å²) in [4.78, 5) is 11.7. The predicted molar refractivity (Wildman–Crippen MR) is 81.9 cm³/mol. The number of nitrogens with two attached hydrogens (primary N) is 1. The molecule has 0 aliphatic heterocycles. The van der Waals surface area contributed by atoms with E-state index in [1.54, 1.807) is 37.4 Å². The highest BCUT2D eigenvalue weighted by Gasteiger charge is 2.09. The summed E-state index contributed by atoms with van der Waals surface area (Å²) in [5, 5.41) is 2.72. The van der Waals surface area contributed by atoms with E-state index in [-0.39, 0.29) is 5.91 Å². The van der Waals surface area contributed by atoms with E-state index >= 15 is 0 Å². The number of benzene rings is 2. The van der Waals surface area contributed by atoms with E-state index in [1.807, 2.05) is 19.1 Å². The van der Waals surface area contributed by atoms with Crippen molar-refractivity contribution in [1.29, 1.82) is 0 Å². The number of carbonyl (C=O) groups excluding carboxylic acids is 1. The zero-order valence-electron chi connectivity index (χ0n) is 12.1. The van der Waals surface area contributed by atoms with E-state index < -0.39 is 0 Å². The zero-order chi connectivity index (χ0) is 15.2. The lowest BCUT2D eigenvalue weighted by Gasteiger charge is -2.11. The molecule has 0 spiro atoms. The number of methoxy groups -OCH3 is 1. The second-order valence-electron chi connectivity index (χ2n) is 4.39. The molecule has 5 nitrogen and oxygen atoms in total. The Balaban J connectivity index is 2.19. The average molecular weight is 286 g/mol. The molecule has 5 heteroatoms. The number of rotatable bonds is 5. The van der Waals surface area contributed by atoms with Crippen LogP contribution < -0.4 is 20.5 Å². The number of amides is 1. The highest BCUT2D eigenvalue weighted by molar-refractivity contribution is 5.95. The number of carbonyl (C=O) groups is 1. The van der Waals surface area contributed by atoms with Crippen molar-refractivity contribution in [2.75, 3.05) is 19.4 Å². The van der Waals surface area contributed by atoms with Gasteiger partial charge in [-0.1, -0.05) is 6.07 Å². The van der Waals surface area contributed by atoms with E-state index in [4.69, 9.17) is 15.2 Å². The Hall–Kier alpha value is -2.69. The van der Waals surface area contributed by atoms with Crippen molar-refractivity contribution in [3.05, 3.63) is 48.0 Å². The fourth-order valence-corrected chi connectivity index (χ4v) is 1.84. The minimum absolute atomic E-state index is 0.155. The molecular weight excluding hydrogens is 268 g/mol. The molecule has 0 bridgehead atoms. The normalized spacial score (nSPS) is 10.0. The third kappa shape index (κ3) is 3.66. The van der Waals surface area contributed by atoms with Crippen molar-refractivity contribution < 1.29 is 14.3 Å². The van der Waals surface area contributed by atoms with Gasteiger partial charge in [-0.25, -0.2) is 0 Å². The molecular formula is C16H18N2O3. The van der Waals surface area contributed by atoms with Gasteiger partial charge in [0, 0.05) is 18.2 Å². The first-order chi connectivity index (χ1) is 10.1. The van der Waals surface area contributed by atoms with Crippen LogP contribution in [0, 0.1) is 0 Å². The number of hydrogen-bond donors (Lipinski definition) is 2. The number of hydrogen-bond acceptors (Lipinski definition) is 4. The molecule has 2 aromatic rings. The molecule has 2 rings (SSSR count). The van der Waals surface area contributed by atoms with Crippen LogP contribution in [0.3, 0.4) is 0 Å². The van der Waals surface area contributed by atoms with Gasteiger partial charge in [0.15, 0.2) is 0 Å². The maximum absolute atomic E-state index is 11.7. The van der Waals surface area contributed by atoms with Gasteiger partial charge in [0.25, 0.3) is 5.91 Å². The van der Waals surface area contributed by atoms with Gasteiger partial charge in [0.05, 0.1) is 12.8 Å². The van der Waals surface area contributed by atoms with Gasteiger partial charge in [0.2, 0.25) is 0 Å². The smallest absolute Gasteiger partial charge is 0.251 e. The molecule has 0 heterocycles. The summed E-state index contributed by atoms with van der Waals surface area (Å²) < 4.78 is 10.8. The maximum Gasteiger partial charge on any atom is 0.251 e. The van der Waals surface area contributed by atoms with Gasteiger partial charge >= 0.3 is 0 Å². The molecule has 0 aliphatic rings. The van der Waals surface area contributed by atoms with E-state index in [0.717, 1.165) is 0 Å². The van der Waals surface area contributed by atoms with Crippen LogP contribution in [0.15, 0.2) is 42.5 Å².